The number of oxime groups is 1. The van der Waals surface area contributed by atoms with Crippen LogP contribution in [0, 0.1) is 12.3 Å². The first kappa shape index (κ1) is 12.5. The average molecular weight is 217 g/mol. The molecule has 16 heavy (non-hydrogen) atoms. The minimum atomic E-state index is -0.143. The maximum atomic E-state index is 8.92. The molecule has 1 rings (SSSR count). The first-order chi connectivity index (χ1) is 7.43. The normalized spacial score (nSPS) is 13.4. The smallest absolute Gasteiger partial charge is 0.0849 e. The topological polar surface area (TPSA) is 32.6 Å². The van der Waals surface area contributed by atoms with Gasteiger partial charge in [-0.15, -0.1) is 0 Å². The van der Waals surface area contributed by atoms with Gasteiger partial charge >= 0.3 is 0 Å². The molecule has 0 aliphatic heterocycles. The Bertz CT molecular complexity index is 394. The van der Waals surface area contributed by atoms with Gasteiger partial charge in [0.1, 0.15) is 0 Å². The van der Waals surface area contributed by atoms with Gasteiger partial charge in [-0.1, -0.05) is 61.8 Å². The molecule has 1 aromatic carbocycles. The number of hydrogen-bond acceptors (Lipinski definition) is 2. The lowest BCUT2D eigenvalue weighted by molar-refractivity contribution is 0.312. The summed E-state index contributed by atoms with van der Waals surface area (Å²) in [6, 6.07) is 8.21. The molecule has 2 heteroatoms. The molecule has 0 bridgehead atoms. The third kappa shape index (κ3) is 3.54. The average Bonchev–Trinajstić information content (AvgIpc) is 2.19. The zero-order valence-electron chi connectivity index (χ0n) is 10.4. The SMILES string of the molecule is Cc1ccc(/C=C/C(=N\O)C(C)(C)C)cc1. The van der Waals surface area contributed by atoms with E-state index in [9.17, 15) is 0 Å². The summed E-state index contributed by atoms with van der Waals surface area (Å²) in [5.41, 5.74) is 2.88. The summed E-state index contributed by atoms with van der Waals surface area (Å²) in [6.45, 7) is 8.11. The summed E-state index contributed by atoms with van der Waals surface area (Å²) in [6.07, 6.45) is 3.81. The van der Waals surface area contributed by atoms with Crippen LogP contribution in [0.25, 0.3) is 6.08 Å². The highest BCUT2D eigenvalue weighted by molar-refractivity contribution is 6.01. The molecular weight excluding hydrogens is 198 g/mol. The van der Waals surface area contributed by atoms with Gasteiger partial charge < -0.3 is 5.21 Å². The molecule has 0 fully saturated rings. The predicted octanol–water partition coefficient (Wildman–Crippen LogP) is 3.88. The van der Waals surface area contributed by atoms with Gasteiger partial charge in [0.05, 0.1) is 5.71 Å². The van der Waals surface area contributed by atoms with Crippen LogP contribution in [-0.4, -0.2) is 10.9 Å². The minimum Gasteiger partial charge on any atom is -0.411 e. The van der Waals surface area contributed by atoms with E-state index in [2.05, 4.69) is 24.2 Å². The molecule has 2 nitrogen and oxygen atoms in total. The van der Waals surface area contributed by atoms with E-state index in [1.165, 1.54) is 5.56 Å². The second-order valence-electron chi connectivity index (χ2n) is 4.98. The minimum absolute atomic E-state index is 0.143. The van der Waals surface area contributed by atoms with Crippen molar-refractivity contribution in [1.82, 2.24) is 0 Å². The van der Waals surface area contributed by atoms with Gasteiger partial charge in [0.2, 0.25) is 0 Å². The van der Waals surface area contributed by atoms with E-state index in [-0.39, 0.29) is 5.41 Å². The van der Waals surface area contributed by atoms with Crippen molar-refractivity contribution in [3.05, 3.63) is 41.5 Å². The van der Waals surface area contributed by atoms with E-state index >= 15 is 0 Å². The molecule has 0 heterocycles. The van der Waals surface area contributed by atoms with Gasteiger partial charge in [-0.3, -0.25) is 0 Å². The first-order valence-corrected chi connectivity index (χ1v) is 5.41. The Kier molecular flexibility index (Phi) is 3.88. The van der Waals surface area contributed by atoms with E-state index in [0.29, 0.717) is 5.71 Å². The molecule has 0 spiro atoms. The zero-order chi connectivity index (χ0) is 12.2. The Morgan fingerprint density at radius 2 is 1.75 bits per heavy atom. The number of rotatable bonds is 2. The van der Waals surface area contributed by atoms with E-state index in [1.54, 1.807) is 0 Å². The lowest BCUT2D eigenvalue weighted by Gasteiger charge is -2.16. The van der Waals surface area contributed by atoms with Crippen LogP contribution in [0.2, 0.25) is 0 Å². The maximum Gasteiger partial charge on any atom is 0.0849 e. The largest absolute Gasteiger partial charge is 0.411 e. The van der Waals surface area contributed by atoms with E-state index < -0.39 is 0 Å². The van der Waals surface area contributed by atoms with E-state index in [4.69, 9.17) is 5.21 Å². The van der Waals surface area contributed by atoms with Crippen molar-refractivity contribution in [3.63, 3.8) is 0 Å². The Hall–Kier alpha value is -1.57. The highest BCUT2D eigenvalue weighted by atomic mass is 16.4. The molecule has 0 saturated carbocycles. The third-order valence-electron chi connectivity index (χ3n) is 2.39. The fourth-order valence-electron chi connectivity index (χ4n) is 1.29. The zero-order valence-corrected chi connectivity index (χ0v) is 10.4. The maximum absolute atomic E-state index is 8.92. The second kappa shape index (κ2) is 4.97. The van der Waals surface area contributed by atoms with Crippen molar-refractivity contribution in [2.75, 3.05) is 0 Å². The number of nitrogens with zero attached hydrogens (tertiary/aromatic N) is 1. The van der Waals surface area contributed by atoms with Crippen LogP contribution < -0.4 is 0 Å². The van der Waals surface area contributed by atoms with Gasteiger partial charge in [-0.2, -0.15) is 0 Å². The number of allylic oxidation sites excluding steroid dienone is 1. The molecule has 0 amide bonds. The van der Waals surface area contributed by atoms with Crippen LogP contribution in [0.5, 0.6) is 0 Å². The van der Waals surface area contributed by atoms with Gasteiger partial charge in [0, 0.05) is 5.41 Å². The monoisotopic (exact) mass is 217 g/mol. The Morgan fingerprint density at radius 3 is 2.19 bits per heavy atom. The standard InChI is InChI=1S/C14H19NO/c1-11-5-7-12(8-6-11)9-10-13(15-16)14(2,3)4/h5-10,16H,1-4H3/b10-9+,15-13+. The van der Waals surface area contributed by atoms with E-state index in [1.807, 2.05) is 45.1 Å². The van der Waals surface area contributed by atoms with Crippen molar-refractivity contribution in [3.8, 4) is 0 Å². The van der Waals surface area contributed by atoms with Crippen LogP contribution >= 0.6 is 0 Å². The van der Waals surface area contributed by atoms with Gasteiger partial charge in [0.15, 0.2) is 0 Å². The van der Waals surface area contributed by atoms with Crippen molar-refractivity contribution in [1.29, 1.82) is 0 Å². The second-order valence-corrected chi connectivity index (χ2v) is 4.98. The summed E-state index contributed by atoms with van der Waals surface area (Å²) < 4.78 is 0. The summed E-state index contributed by atoms with van der Waals surface area (Å²) in [5.74, 6) is 0. The highest BCUT2D eigenvalue weighted by Crippen LogP contribution is 2.17. The summed E-state index contributed by atoms with van der Waals surface area (Å²) in [4.78, 5) is 0. The van der Waals surface area contributed by atoms with Crippen LogP contribution in [-0.2, 0) is 0 Å². The van der Waals surface area contributed by atoms with Crippen molar-refractivity contribution < 1.29 is 5.21 Å². The molecule has 0 unspecified atom stereocenters. The molecule has 1 N–H and O–H groups in total. The van der Waals surface area contributed by atoms with Crippen molar-refractivity contribution in [2.24, 2.45) is 10.6 Å². The molecular formula is C14H19NO. The summed E-state index contributed by atoms with van der Waals surface area (Å²) in [5, 5.41) is 12.2. The van der Waals surface area contributed by atoms with Gasteiger partial charge in [-0.25, -0.2) is 0 Å². The molecule has 0 aliphatic rings. The molecule has 86 valence electrons. The van der Waals surface area contributed by atoms with Crippen molar-refractivity contribution >= 4 is 11.8 Å². The van der Waals surface area contributed by atoms with Crippen LogP contribution in [0.3, 0.4) is 0 Å². The number of benzene rings is 1. The number of hydrogen-bond donors (Lipinski definition) is 1. The predicted molar refractivity (Wildman–Crippen MR) is 68.9 cm³/mol. The summed E-state index contributed by atoms with van der Waals surface area (Å²) in [7, 11) is 0. The Labute approximate surface area is 97.3 Å². The van der Waals surface area contributed by atoms with Gasteiger partial charge in [-0.05, 0) is 18.6 Å². The molecule has 0 aliphatic carbocycles. The van der Waals surface area contributed by atoms with Gasteiger partial charge in [0.25, 0.3) is 0 Å². The highest BCUT2D eigenvalue weighted by Gasteiger charge is 2.16. The van der Waals surface area contributed by atoms with Crippen LogP contribution in [0.1, 0.15) is 31.9 Å². The Morgan fingerprint density at radius 1 is 1.19 bits per heavy atom. The molecule has 0 radical (unpaired) electrons. The number of aryl methyl sites for hydroxylation is 1. The quantitative estimate of drug-likeness (QED) is 0.455. The molecule has 1 aromatic rings. The lowest BCUT2D eigenvalue weighted by Crippen LogP contribution is -2.17. The van der Waals surface area contributed by atoms with Crippen LogP contribution in [0.4, 0.5) is 0 Å². The third-order valence-corrected chi connectivity index (χ3v) is 2.39. The first-order valence-electron chi connectivity index (χ1n) is 5.41. The Balaban J connectivity index is 2.84. The van der Waals surface area contributed by atoms with E-state index in [0.717, 1.165) is 5.56 Å². The lowest BCUT2D eigenvalue weighted by atomic mass is 9.89. The molecule has 0 atom stereocenters. The molecule has 0 saturated heterocycles. The molecule has 0 aromatic heterocycles. The summed E-state index contributed by atoms with van der Waals surface area (Å²) >= 11 is 0. The fourth-order valence-corrected chi connectivity index (χ4v) is 1.29. The van der Waals surface area contributed by atoms with Crippen LogP contribution in [0.15, 0.2) is 35.5 Å². The van der Waals surface area contributed by atoms with Crippen molar-refractivity contribution in [2.45, 2.75) is 27.7 Å². The fraction of sp³-hybridized carbons (Fsp3) is 0.357.